The van der Waals surface area contributed by atoms with E-state index in [0.717, 1.165) is 6.92 Å². The molecule has 30 heavy (non-hydrogen) atoms. The first-order valence-corrected chi connectivity index (χ1v) is 8.75. The molecular formula is C20H15NO9. The minimum absolute atomic E-state index is 0.0972. The number of fused-ring (bicyclic) bond motifs is 2. The molecule has 0 heterocycles. The summed E-state index contributed by atoms with van der Waals surface area (Å²) >= 11 is 0. The number of nitro benzene ring substituents is 1. The first-order valence-electron chi connectivity index (χ1n) is 8.75. The number of Topliss-reactive ketones (excluding diaryl/α,β-unsaturated/α-hetero) is 1. The molecule has 0 saturated carbocycles. The van der Waals surface area contributed by atoms with Gasteiger partial charge in [-0.2, -0.15) is 0 Å². The van der Waals surface area contributed by atoms with Gasteiger partial charge in [-0.3, -0.25) is 29.3 Å². The van der Waals surface area contributed by atoms with Gasteiger partial charge >= 0.3 is 11.7 Å². The lowest BCUT2D eigenvalue weighted by atomic mass is 9.79. The maximum absolute atomic E-state index is 13.0. The molecule has 2 N–H and O–H groups in total. The van der Waals surface area contributed by atoms with Crippen LogP contribution in [-0.4, -0.2) is 45.1 Å². The molecular weight excluding hydrogens is 398 g/mol. The fourth-order valence-electron chi connectivity index (χ4n) is 3.49. The van der Waals surface area contributed by atoms with Crippen molar-refractivity contribution in [1.29, 1.82) is 0 Å². The molecule has 3 rings (SSSR count). The van der Waals surface area contributed by atoms with Crippen molar-refractivity contribution < 1.29 is 39.1 Å². The number of hydrogen-bond donors (Lipinski definition) is 2. The van der Waals surface area contributed by atoms with E-state index in [2.05, 4.69) is 0 Å². The largest absolute Gasteiger partial charge is 0.507 e. The van der Waals surface area contributed by atoms with Crippen molar-refractivity contribution in [3.63, 3.8) is 0 Å². The molecule has 0 bridgehead atoms. The first kappa shape index (κ1) is 20.6. The predicted octanol–water partition coefficient (Wildman–Crippen LogP) is 2.02. The number of phenolic OH excluding ortho intramolecular Hbond substituents is 2. The zero-order valence-electron chi connectivity index (χ0n) is 15.8. The molecule has 0 aromatic heterocycles. The van der Waals surface area contributed by atoms with Crippen LogP contribution in [0.3, 0.4) is 0 Å². The normalized spacial score (nSPS) is 13.3. The number of carbonyl (C=O) groups excluding carboxylic acids is 4. The number of nitro groups is 1. The summed E-state index contributed by atoms with van der Waals surface area (Å²) in [6.07, 6.45) is 0. The Morgan fingerprint density at radius 1 is 1.07 bits per heavy atom. The summed E-state index contributed by atoms with van der Waals surface area (Å²) in [5.74, 6) is -8.25. The Balaban J connectivity index is 2.45. The molecule has 0 spiro atoms. The molecule has 10 heteroatoms. The molecule has 0 amide bonds. The number of benzene rings is 2. The van der Waals surface area contributed by atoms with Crippen molar-refractivity contribution in [2.45, 2.75) is 19.8 Å². The summed E-state index contributed by atoms with van der Waals surface area (Å²) in [4.78, 5) is 60.8. The van der Waals surface area contributed by atoms with Gasteiger partial charge in [-0.1, -0.05) is 24.3 Å². The number of phenols is 2. The number of ether oxygens (including phenoxy) is 1. The van der Waals surface area contributed by atoms with Gasteiger partial charge in [0.15, 0.2) is 17.5 Å². The molecule has 1 aliphatic carbocycles. The molecule has 0 radical (unpaired) electrons. The highest BCUT2D eigenvalue weighted by Gasteiger charge is 2.45. The SMILES string of the molecule is CCOC(=O)C(C(C)=O)c1c(O)c2c(c(O)c1[N+](=O)[O-])C(=O)c1ccccc1C2=O. The molecule has 1 aliphatic rings. The number of carbonyl (C=O) groups is 4. The molecule has 2 aromatic rings. The van der Waals surface area contributed by atoms with Crippen LogP contribution < -0.4 is 0 Å². The van der Waals surface area contributed by atoms with E-state index in [-0.39, 0.29) is 17.7 Å². The second-order valence-corrected chi connectivity index (χ2v) is 6.47. The van der Waals surface area contributed by atoms with Crippen LogP contribution >= 0.6 is 0 Å². The highest BCUT2D eigenvalue weighted by atomic mass is 16.6. The van der Waals surface area contributed by atoms with E-state index in [9.17, 15) is 39.5 Å². The third-order valence-corrected chi connectivity index (χ3v) is 4.73. The molecule has 0 fully saturated rings. The van der Waals surface area contributed by atoms with Crippen molar-refractivity contribution in [2.24, 2.45) is 0 Å². The summed E-state index contributed by atoms with van der Waals surface area (Å²) in [6, 6.07) is 5.53. The van der Waals surface area contributed by atoms with Gasteiger partial charge in [0.05, 0.1) is 28.2 Å². The van der Waals surface area contributed by atoms with Crippen molar-refractivity contribution in [3.05, 3.63) is 62.2 Å². The monoisotopic (exact) mass is 413 g/mol. The highest BCUT2D eigenvalue weighted by molar-refractivity contribution is 6.31. The van der Waals surface area contributed by atoms with Crippen molar-refractivity contribution in [2.75, 3.05) is 6.61 Å². The van der Waals surface area contributed by atoms with Gasteiger partial charge in [0.25, 0.3) is 0 Å². The number of esters is 1. The maximum Gasteiger partial charge on any atom is 0.321 e. The van der Waals surface area contributed by atoms with Gasteiger partial charge in [-0.15, -0.1) is 0 Å². The van der Waals surface area contributed by atoms with E-state index in [4.69, 9.17) is 4.74 Å². The standard InChI is InChI=1S/C20H15NO9/c1-3-30-20(27)11(8(2)22)12-15(21(28)29)19(26)14-13(18(12)25)16(23)9-6-4-5-7-10(9)17(14)24/h4-7,11,25-26H,3H2,1-2H3. The molecule has 1 atom stereocenters. The molecule has 10 nitrogen and oxygen atoms in total. The Morgan fingerprint density at radius 3 is 2.00 bits per heavy atom. The predicted molar refractivity (Wildman–Crippen MR) is 99.8 cm³/mol. The van der Waals surface area contributed by atoms with Crippen molar-refractivity contribution in [1.82, 2.24) is 0 Å². The molecule has 1 unspecified atom stereocenters. The van der Waals surface area contributed by atoms with Crippen LogP contribution in [0, 0.1) is 10.1 Å². The quantitative estimate of drug-likeness (QED) is 0.209. The molecule has 154 valence electrons. The van der Waals surface area contributed by atoms with Gasteiger partial charge < -0.3 is 14.9 Å². The van der Waals surface area contributed by atoms with E-state index < -0.39 is 68.0 Å². The second kappa shape index (κ2) is 7.39. The summed E-state index contributed by atoms with van der Waals surface area (Å²) < 4.78 is 4.77. The number of ketones is 3. The zero-order chi connectivity index (χ0) is 22.3. The van der Waals surface area contributed by atoms with Crippen LogP contribution in [0.1, 0.15) is 57.2 Å². The smallest absolute Gasteiger partial charge is 0.321 e. The van der Waals surface area contributed by atoms with E-state index in [1.807, 2.05) is 0 Å². The molecule has 0 saturated heterocycles. The van der Waals surface area contributed by atoms with Crippen LogP contribution in [0.5, 0.6) is 11.5 Å². The van der Waals surface area contributed by atoms with Gasteiger partial charge in [0.1, 0.15) is 11.5 Å². The zero-order valence-corrected chi connectivity index (χ0v) is 15.8. The first-order chi connectivity index (χ1) is 14.1. The van der Waals surface area contributed by atoms with Crippen LogP contribution in [-0.2, 0) is 14.3 Å². The summed E-state index contributed by atoms with van der Waals surface area (Å²) in [5.41, 5.74) is -3.81. The Bertz CT molecular complexity index is 1150. The summed E-state index contributed by atoms with van der Waals surface area (Å²) in [5, 5.41) is 33.1. The maximum atomic E-state index is 13.0. The molecule has 0 aliphatic heterocycles. The Hall–Kier alpha value is -4.08. The van der Waals surface area contributed by atoms with Gasteiger partial charge in [-0.25, -0.2) is 0 Å². The number of rotatable bonds is 5. The van der Waals surface area contributed by atoms with E-state index in [1.165, 1.54) is 31.2 Å². The average molecular weight is 413 g/mol. The van der Waals surface area contributed by atoms with Gasteiger partial charge in [0.2, 0.25) is 5.75 Å². The van der Waals surface area contributed by atoms with E-state index >= 15 is 0 Å². The van der Waals surface area contributed by atoms with Crippen LogP contribution in [0.4, 0.5) is 5.69 Å². The number of nitrogens with zero attached hydrogens (tertiary/aromatic N) is 1. The average Bonchev–Trinajstić information content (AvgIpc) is 2.68. The van der Waals surface area contributed by atoms with Crippen LogP contribution in [0.15, 0.2) is 24.3 Å². The van der Waals surface area contributed by atoms with Crippen LogP contribution in [0.2, 0.25) is 0 Å². The fraction of sp³-hybridized carbons (Fsp3) is 0.200. The van der Waals surface area contributed by atoms with Crippen molar-refractivity contribution >= 4 is 29.0 Å². The van der Waals surface area contributed by atoms with E-state index in [0.29, 0.717) is 0 Å². The highest BCUT2D eigenvalue weighted by Crippen LogP contribution is 2.49. The van der Waals surface area contributed by atoms with Gasteiger partial charge in [0, 0.05) is 11.1 Å². The lowest BCUT2D eigenvalue weighted by Gasteiger charge is -2.23. The summed E-state index contributed by atoms with van der Waals surface area (Å²) in [7, 11) is 0. The number of hydrogen-bond acceptors (Lipinski definition) is 9. The van der Waals surface area contributed by atoms with Crippen molar-refractivity contribution in [3.8, 4) is 11.5 Å². The van der Waals surface area contributed by atoms with Crippen LogP contribution in [0.25, 0.3) is 0 Å². The minimum Gasteiger partial charge on any atom is -0.507 e. The Morgan fingerprint density at radius 2 is 1.57 bits per heavy atom. The lowest BCUT2D eigenvalue weighted by molar-refractivity contribution is -0.386. The lowest BCUT2D eigenvalue weighted by Crippen LogP contribution is -2.27. The second-order valence-electron chi connectivity index (χ2n) is 6.47. The number of aromatic hydroxyl groups is 2. The Kier molecular flexibility index (Phi) is 5.09. The fourth-order valence-corrected chi connectivity index (χ4v) is 3.49. The third-order valence-electron chi connectivity index (χ3n) is 4.73. The topological polar surface area (TPSA) is 161 Å². The van der Waals surface area contributed by atoms with E-state index in [1.54, 1.807) is 0 Å². The third kappa shape index (κ3) is 2.89. The Labute approximate surface area is 168 Å². The minimum atomic E-state index is -1.98. The summed E-state index contributed by atoms with van der Waals surface area (Å²) in [6.45, 7) is 2.20. The van der Waals surface area contributed by atoms with Gasteiger partial charge in [-0.05, 0) is 13.8 Å². The molecule has 2 aromatic carbocycles.